The zero-order valence-electron chi connectivity index (χ0n) is 33.4. The summed E-state index contributed by atoms with van der Waals surface area (Å²) in [7, 11) is -7.38. The highest BCUT2D eigenvalue weighted by Crippen LogP contribution is 2.36. The minimum absolute atomic E-state index is 0.00616. The molecule has 6 rings (SSSR count). The molecule has 0 saturated carbocycles. The molecule has 0 spiro atoms. The number of hydrogen-bond acceptors (Lipinski definition) is 5. The third kappa shape index (κ3) is 9.61. The van der Waals surface area contributed by atoms with Gasteiger partial charge in [-0.15, -0.1) is 0 Å². The molecule has 0 saturated heterocycles. The Morgan fingerprint density at radius 2 is 1.21 bits per heavy atom. The van der Waals surface area contributed by atoms with Gasteiger partial charge < -0.3 is 9.13 Å². The number of rotatable bonds is 17. The van der Waals surface area contributed by atoms with Crippen LogP contribution in [0.4, 0.5) is 8.78 Å². The summed E-state index contributed by atoms with van der Waals surface area (Å²) in [5.41, 5.74) is 4.46. The number of sulfonamides is 2. The van der Waals surface area contributed by atoms with E-state index in [1.807, 2.05) is 28.5 Å². The molecular formula is C43H49Cl2F2N5O4S2. The van der Waals surface area contributed by atoms with Crippen LogP contribution in [-0.2, 0) is 46.2 Å². The van der Waals surface area contributed by atoms with Crippen LogP contribution in [0.3, 0.4) is 0 Å². The maximum absolute atomic E-state index is 15.7. The average molecular weight is 873 g/mol. The normalized spacial score (nSPS) is 13.7. The van der Waals surface area contributed by atoms with Gasteiger partial charge in [-0.1, -0.05) is 62.2 Å². The average Bonchev–Trinajstić information content (AvgIpc) is 3.66. The van der Waals surface area contributed by atoms with Crippen LogP contribution in [0.2, 0.25) is 10.0 Å². The van der Waals surface area contributed by atoms with Crippen LogP contribution in [0.1, 0.15) is 65.5 Å². The van der Waals surface area contributed by atoms with E-state index in [1.54, 1.807) is 63.2 Å². The summed E-state index contributed by atoms with van der Waals surface area (Å²) in [6.45, 7) is 12.1. The largest absolute Gasteiger partial charge is 0.347 e. The van der Waals surface area contributed by atoms with Crippen molar-refractivity contribution in [2.24, 2.45) is 11.8 Å². The van der Waals surface area contributed by atoms with Gasteiger partial charge in [0.2, 0.25) is 20.0 Å². The number of fused-ring (bicyclic) bond motifs is 2. The molecule has 310 valence electrons. The van der Waals surface area contributed by atoms with Crippen LogP contribution >= 0.6 is 23.2 Å². The minimum Gasteiger partial charge on any atom is -0.347 e. The quantitative estimate of drug-likeness (QED) is 0.0947. The third-order valence-corrected chi connectivity index (χ3v) is 14.8. The van der Waals surface area contributed by atoms with E-state index >= 15 is 8.78 Å². The number of aromatic nitrogens is 3. The molecule has 0 aliphatic carbocycles. The first-order valence-corrected chi connectivity index (χ1v) is 23.1. The van der Waals surface area contributed by atoms with E-state index in [2.05, 4.69) is 28.3 Å². The van der Waals surface area contributed by atoms with Gasteiger partial charge in [-0.3, -0.25) is 4.98 Å². The number of halogens is 4. The number of nitrogens with one attached hydrogen (secondary N) is 2. The summed E-state index contributed by atoms with van der Waals surface area (Å²) in [5, 5.41) is 0.527. The molecular weight excluding hydrogens is 824 g/mol. The smallest absolute Gasteiger partial charge is 0.214 e. The Balaban J connectivity index is 1.19. The van der Waals surface area contributed by atoms with Crippen molar-refractivity contribution in [3.8, 4) is 22.3 Å². The molecule has 0 fully saturated rings. The highest BCUT2D eigenvalue weighted by atomic mass is 35.5. The summed E-state index contributed by atoms with van der Waals surface area (Å²) >= 11 is 12.8. The van der Waals surface area contributed by atoms with E-state index in [4.69, 9.17) is 23.2 Å². The van der Waals surface area contributed by atoms with Crippen molar-refractivity contribution in [2.75, 3.05) is 0 Å². The van der Waals surface area contributed by atoms with Crippen LogP contribution < -0.4 is 9.44 Å². The fourth-order valence-electron chi connectivity index (χ4n) is 7.20. The van der Waals surface area contributed by atoms with Gasteiger partial charge in [0.05, 0.1) is 15.5 Å². The Hall–Kier alpha value is -3.85. The predicted octanol–water partition coefficient (Wildman–Crippen LogP) is 10.3. The standard InChI is InChI=1S/C43H49Cl2F2N5O4S2/c1-26(2)22-51-24-31(34-15-40(46)36(17-42(34)51)32-9-7-8-10-38(32)44)20-50-58(55,56)29(6)12-11-28(5)23-52-25-30(19-49-57(53,54)27(3)4)35-16-41(47)37(18-43(35)52)33-13-14-48-21-39(33)45/h7-10,13-18,21,24-29,49-50H,11-12,19-20,22-23H2,1-6H3. The minimum atomic E-state index is -3.78. The maximum atomic E-state index is 15.7. The number of benzene rings is 3. The first-order chi connectivity index (χ1) is 27.4. The Bertz CT molecular complexity index is 2680. The Morgan fingerprint density at radius 3 is 1.74 bits per heavy atom. The summed E-state index contributed by atoms with van der Waals surface area (Å²) in [6.07, 6.45) is 7.59. The molecule has 58 heavy (non-hydrogen) atoms. The Morgan fingerprint density at radius 1 is 0.672 bits per heavy atom. The van der Waals surface area contributed by atoms with E-state index in [-0.39, 0.29) is 35.5 Å². The summed E-state index contributed by atoms with van der Waals surface area (Å²) in [6, 6.07) is 15.1. The molecule has 6 aromatic rings. The van der Waals surface area contributed by atoms with Gasteiger partial charge in [0.25, 0.3) is 0 Å². The second kappa shape index (κ2) is 17.8. The fourth-order valence-corrected chi connectivity index (χ4v) is 9.43. The van der Waals surface area contributed by atoms with Crippen LogP contribution in [0.15, 0.2) is 79.4 Å². The molecule has 0 radical (unpaired) electrons. The van der Waals surface area contributed by atoms with Crippen molar-refractivity contribution < 1.29 is 25.6 Å². The van der Waals surface area contributed by atoms with Crippen molar-refractivity contribution in [3.05, 3.63) is 112 Å². The first-order valence-electron chi connectivity index (χ1n) is 19.3. The zero-order chi connectivity index (χ0) is 42.1. The van der Waals surface area contributed by atoms with Crippen LogP contribution in [0.5, 0.6) is 0 Å². The van der Waals surface area contributed by atoms with Gasteiger partial charge in [-0.25, -0.2) is 35.1 Å². The molecule has 3 aromatic carbocycles. The molecule has 2 unspecified atom stereocenters. The number of hydrogen-bond donors (Lipinski definition) is 2. The van der Waals surface area contributed by atoms with Crippen molar-refractivity contribution in [1.29, 1.82) is 0 Å². The molecule has 0 amide bonds. The lowest BCUT2D eigenvalue weighted by Gasteiger charge is -2.18. The van der Waals surface area contributed by atoms with Crippen molar-refractivity contribution in [1.82, 2.24) is 23.6 Å². The molecule has 0 bridgehead atoms. The molecule has 9 nitrogen and oxygen atoms in total. The topological polar surface area (TPSA) is 115 Å². The van der Waals surface area contributed by atoms with Gasteiger partial charge in [0, 0.05) is 100 Å². The second-order valence-corrected chi connectivity index (χ2v) is 21.1. The van der Waals surface area contributed by atoms with E-state index in [0.717, 1.165) is 5.52 Å². The lowest BCUT2D eigenvalue weighted by molar-refractivity contribution is 0.438. The molecule has 2 atom stereocenters. The third-order valence-electron chi connectivity index (χ3n) is 10.5. The molecule has 3 heterocycles. The highest BCUT2D eigenvalue weighted by Gasteiger charge is 2.25. The van der Waals surface area contributed by atoms with E-state index in [9.17, 15) is 16.8 Å². The maximum Gasteiger partial charge on any atom is 0.214 e. The lowest BCUT2D eigenvalue weighted by Crippen LogP contribution is -2.32. The predicted molar refractivity (Wildman–Crippen MR) is 232 cm³/mol. The molecule has 0 aliphatic rings. The van der Waals surface area contributed by atoms with Crippen molar-refractivity contribution in [3.63, 3.8) is 0 Å². The van der Waals surface area contributed by atoms with Crippen LogP contribution in [0.25, 0.3) is 44.1 Å². The Kier molecular flexibility index (Phi) is 13.4. The van der Waals surface area contributed by atoms with Gasteiger partial charge in [0.1, 0.15) is 11.6 Å². The lowest BCUT2D eigenvalue weighted by atomic mass is 10.0. The zero-order valence-corrected chi connectivity index (χ0v) is 36.5. The highest BCUT2D eigenvalue weighted by molar-refractivity contribution is 7.90. The summed E-state index contributed by atoms with van der Waals surface area (Å²) < 4.78 is 93.2. The van der Waals surface area contributed by atoms with Crippen molar-refractivity contribution >= 4 is 65.1 Å². The molecule has 2 N–H and O–H groups in total. The molecule has 0 aliphatic heterocycles. The van der Waals surface area contributed by atoms with Crippen molar-refractivity contribution in [2.45, 2.75) is 91.1 Å². The summed E-state index contributed by atoms with van der Waals surface area (Å²) in [5.74, 6) is -0.692. The fraction of sp³-hybridized carbons (Fsp3) is 0.372. The first kappa shape index (κ1) is 43.7. The SMILES string of the molecule is CC(C)Cn1cc(CNS(=O)(=O)C(C)CCC(C)Cn2cc(CNS(=O)(=O)C(C)C)c3cc(F)c(-c4ccncc4Cl)cc32)c2cc(F)c(-c3ccccc3Cl)cc21. The van der Waals surface area contributed by atoms with E-state index in [0.29, 0.717) is 75.1 Å². The van der Waals surface area contributed by atoms with Gasteiger partial charge >= 0.3 is 0 Å². The monoisotopic (exact) mass is 871 g/mol. The van der Waals surface area contributed by atoms with E-state index < -0.39 is 42.2 Å². The second-order valence-electron chi connectivity index (χ2n) is 15.8. The van der Waals surface area contributed by atoms with E-state index in [1.165, 1.54) is 24.5 Å². The van der Waals surface area contributed by atoms with Crippen LogP contribution in [-0.4, -0.2) is 41.5 Å². The number of nitrogens with zero attached hydrogens (tertiary/aromatic N) is 3. The van der Waals surface area contributed by atoms with Crippen LogP contribution in [0, 0.1) is 23.5 Å². The van der Waals surface area contributed by atoms with Gasteiger partial charge in [-0.2, -0.15) is 0 Å². The summed E-state index contributed by atoms with van der Waals surface area (Å²) in [4.78, 5) is 4.01. The molecule has 15 heteroatoms. The van der Waals surface area contributed by atoms with Gasteiger partial charge in [0.15, 0.2) is 0 Å². The molecule has 3 aromatic heterocycles. The number of pyridine rings is 1. The van der Waals surface area contributed by atoms with Gasteiger partial charge in [-0.05, 0) is 93.0 Å². The Labute approximate surface area is 349 Å².